The molecule has 4 atom stereocenters. The second-order valence-corrected chi connectivity index (χ2v) is 6.08. The molecular formula is C15H27N3. The van der Waals surface area contributed by atoms with Crippen molar-refractivity contribution in [1.82, 2.24) is 10.6 Å². The molecule has 1 saturated heterocycles. The van der Waals surface area contributed by atoms with Crippen molar-refractivity contribution in [2.45, 2.75) is 76.4 Å². The normalized spacial score (nSPS) is 34.8. The predicted octanol–water partition coefficient (Wildman–Crippen LogP) is 2.58. The van der Waals surface area contributed by atoms with Gasteiger partial charge in [0.1, 0.15) is 0 Å². The Bertz CT molecular complexity index is 276. The van der Waals surface area contributed by atoms with E-state index in [0.29, 0.717) is 18.1 Å². The van der Waals surface area contributed by atoms with Crippen molar-refractivity contribution >= 4 is 0 Å². The predicted molar refractivity (Wildman–Crippen MR) is 74.2 cm³/mol. The number of hydrogen-bond acceptors (Lipinski definition) is 3. The summed E-state index contributed by atoms with van der Waals surface area (Å²) in [6.45, 7) is 3.46. The molecule has 2 fully saturated rings. The number of nitrogens with one attached hydrogen (secondary N) is 2. The molecule has 1 aliphatic heterocycles. The van der Waals surface area contributed by atoms with Crippen molar-refractivity contribution in [2.24, 2.45) is 5.92 Å². The SMILES string of the molecule is CC(CC1CCCCCN1)NC1CCCC1C#N. The molecule has 2 rings (SSSR count). The van der Waals surface area contributed by atoms with Crippen molar-refractivity contribution in [3.05, 3.63) is 0 Å². The van der Waals surface area contributed by atoms with Gasteiger partial charge in [-0.3, -0.25) is 0 Å². The summed E-state index contributed by atoms with van der Waals surface area (Å²) in [5, 5.41) is 16.4. The van der Waals surface area contributed by atoms with E-state index in [9.17, 15) is 0 Å². The fraction of sp³-hybridized carbons (Fsp3) is 0.933. The Morgan fingerprint density at radius 2 is 2.11 bits per heavy atom. The molecule has 0 spiro atoms. The molecular weight excluding hydrogens is 222 g/mol. The summed E-state index contributed by atoms with van der Waals surface area (Å²) in [7, 11) is 0. The average molecular weight is 249 g/mol. The number of rotatable bonds is 4. The summed E-state index contributed by atoms with van der Waals surface area (Å²) in [6.07, 6.45) is 10.1. The van der Waals surface area contributed by atoms with Gasteiger partial charge in [0.25, 0.3) is 0 Å². The van der Waals surface area contributed by atoms with E-state index < -0.39 is 0 Å². The summed E-state index contributed by atoms with van der Waals surface area (Å²) in [5.41, 5.74) is 0. The fourth-order valence-electron chi connectivity index (χ4n) is 3.48. The Labute approximate surface area is 111 Å². The number of nitrogens with zero attached hydrogens (tertiary/aromatic N) is 1. The number of hydrogen-bond donors (Lipinski definition) is 2. The van der Waals surface area contributed by atoms with E-state index >= 15 is 0 Å². The lowest BCUT2D eigenvalue weighted by molar-refractivity contribution is 0.352. The average Bonchev–Trinajstić information content (AvgIpc) is 2.64. The molecule has 1 heterocycles. The first-order valence-corrected chi connectivity index (χ1v) is 7.68. The van der Waals surface area contributed by atoms with E-state index in [1.807, 2.05) is 0 Å². The molecule has 0 amide bonds. The summed E-state index contributed by atoms with van der Waals surface area (Å²) in [6, 6.07) is 4.10. The molecule has 4 unspecified atom stereocenters. The lowest BCUT2D eigenvalue weighted by atomic mass is 10.0. The van der Waals surface area contributed by atoms with E-state index in [2.05, 4.69) is 23.6 Å². The van der Waals surface area contributed by atoms with Crippen LogP contribution in [-0.2, 0) is 0 Å². The highest BCUT2D eigenvalue weighted by Gasteiger charge is 2.28. The molecule has 0 aromatic carbocycles. The summed E-state index contributed by atoms with van der Waals surface area (Å²) in [5.74, 6) is 0.245. The molecule has 0 aromatic rings. The quantitative estimate of drug-likeness (QED) is 0.805. The van der Waals surface area contributed by atoms with Gasteiger partial charge in [0.2, 0.25) is 0 Å². The van der Waals surface area contributed by atoms with E-state index in [0.717, 1.165) is 6.42 Å². The van der Waals surface area contributed by atoms with Crippen LogP contribution in [0, 0.1) is 17.2 Å². The highest BCUT2D eigenvalue weighted by Crippen LogP contribution is 2.25. The van der Waals surface area contributed by atoms with Gasteiger partial charge in [-0.1, -0.05) is 19.3 Å². The van der Waals surface area contributed by atoms with E-state index in [4.69, 9.17) is 5.26 Å². The molecule has 3 nitrogen and oxygen atoms in total. The van der Waals surface area contributed by atoms with Crippen molar-refractivity contribution in [1.29, 1.82) is 5.26 Å². The van der Waals surface area contributed by atoms with Crippen molar-refractivity contribution in [2.75, 3.05) is 6.54 Å². The van der Waals surface area contributed by atoms with E-state index in [-0.39, 0.29) is 5.92 Å². The summed E-state index contributed by atoms with van der Waals surface area (Å²) in [4.78, 5) is 0. The van der Waals surface area contributed by atoms with E-state index in [1.165, 1.54) is 51.5 Å². The maximum absolute atomic E-state index is 9.11. The zero-order valence-corrected chi connectivity index (χ0v) is 11.6. The molecule has 1 saturated carbocycles. The highest BCUT2D eigenvalue weighted by atomic mass is 15.0. The minimum atomic E-state index is 0.245. The van der Waals surface area contributed by atoms with Gasteiger partial charge >= 0.3 is 0 Å². The smallest absolute Gasteiger partial charge is 0.0672 e. The Morgan fingerprint density at radius 1 is 1.22 bits per heavy atom. The molecule has 102 valence electrons. The Hall–Kier alpha value is -0.590. The number of nitriles is 1. The van der Waals surface area contributed by atoms with Crippen LogP contribution < -0.4 is 10.6 Å². The van der Waals surface area contributed by atoms with Crippen LogP contribution in [0.25, 0.3) is 0 Å². The van der Waals surface area contributed by atoms with Gasteiger partial charge in [-0.05, 0) is 45.6 Å². The zero-order valence-electron chi connectivity index (χ0n) is 11.6. The zero-order chi connectivity index (χ0) is 12.8. The molecule has 0 aromatic heterocycles. The van der Waals surface area contributed by atoms with Gasteiger partial charge in [0.15, 0.2) is 0 Å². The first-order chi connectivity index (χ1) is 8.79. The van der Waals surface area contributed by atoms with Gasteiger partial charge < -0.3 is 10.6 Å². The second kappa shape index (κ2) is 7.11. The molecule has 2 N–H and O–H groups in total. The maximum atomic E-state index is 9.11. The lowest BCUT2D eigenvalue weighted by Crippen LogP contribution is -2.42. The van der Waals surface area contributed by atoms with Crippen LogP contribution in [0.3, 0.4) is 0 Å². The van der Waals surface area contributed by atoms with Crippen LogP contribution in [0.4, 0.5) is 0 Å². The molecule has 0 radical (unpaired) electrons. The Morgan fingerprint density at radius 3 is 2.94 bits per heavy atom. The third-order valence-corrected chi connectivity index (χ3v) is 4.48. The fourth-order valence-corrected chi connectivity index (χ4v) is 3.48. The molecule has 1 aliphatic carbocycles. The van der Waals surface area contributed by atoms with Gasteiger partial charge in [0.05, 0.1) is 12.0 Å². The van der Waals surface area contributed by atoms with Crippen molar-refractivity contribution in [3.63, 3.8) is 0 Å². The minimum absolute atomic E-state index is 0.245. The van der Waals surface area contributed by atoms with Crippen molar-refractivity contribution < 1.29 is 0 Å². The third kappa shape index (κ3) is 3.96. The highest BCUT2D eigenvalue weighted by molar-refractivity contribution is 4.97. The first-order valence-electron chi connectivity index (χ1n) is 7.68. The third-order valence-electron chi connectivity index (χ3n) is 4.48. The van der Waals surface area contributed by atoms with Crippen LogP contribution in [0.2, 0.25) is 0 Å². The lowest BCUT2D eigenvalue weighted by Gasteiger charge is -2.25. The van der Waals surface area contributed by atoms with Crippen LogP contribution in [-0.4, -0.2) is 24.7 Å². The summed E-state index contributed by atoms with van der Waals surface area (Å²) < 4.78 is 0. The van der Waals surface area contributed by atoms with Crippen LogP contribution in [0.1, 0.15) is 58.3 Å². The van der Waals surface area contributed by atoms with Gasteiger partial charge in [-0.15, -0.1) is 0 Å². The van der Waals surface area contributed by atoms with Crippen LogP contribution in [0.15, 0.2) is 0 Å². The van der Waals surface area contributed by atoms with Gasteiger partial charge in [0, 0.05) is 18.1 Å². The minimum Gasteiger partial charge on any atom is -0.314 e. The van der Waals surface area contributed by atoms with Crippen molar-refractivity contribution in [3.8, 4) is 6.07 Å². The van der Waals surface area contributed by atoms with Crippen LogP contribution >= 0.6 is 0 Å². The molecule has 2 aliphatic rings. The Balaban J connectivity index is 1.74. The van der Waals surface area contributed by atoms with Gasteiger partial charge in [-0.25, -0.2) is 0 Å². The van der Waals surface area contributed by atoms with E-state index in [1.54, 1.807) is 0 Å². The Kier molecular flexibility index (Phi) is 5.46. The molecule has 18 heavy (non-hydrogen) atoms. The monoisotopic (exact) mass is 249 g/mol. The second-order valence-electron chi connectivity index (χ2n) is 6.08. The largest absolute Gasteiger partial charge is 0.314 e. The summed E-state index contributed by atoms with van der Waals surface area (Å²) >= 11 is 0. The van der Waals surface area contributed by atoms with Crippen LogP contribution in [0.5, 0.6) is 0 Å². The first kappa shape index (κ1) is 13.8. The molecule has 3 heteroatoms. The topological polar surface area (TPSA) is 47.8 Å². The maximum Gasteiger partial charge on any atom is 0.0672 e. The molecule has 0 bridgehead atoms. The standard InChI is InChI=1S/C15H27N3/c1-12(10-14-7-3-2-4-9-17-14)18-15-8-5-6-13(15)11-16/h12-15,17-18H,2-10H2,1H3. The van der Waals surface area contributed by atoms with Gasteiger partial charge in [-0.2, -0.15) is 5.26 Å².